The van der Waals surface area contributed by atoms with Crippen LogP contribution in [-0.4, -0.2) is 25.0 Å². The van der Waals surface area contributed by atoms with Crippen molar-refractivity contribution in [2.24, 2.45) is 0 Å². The molecule has 1 amide bonds. The number of alkyl halides is 3. The summed E-state index contributed by atoms with van der Waals surface area (Å²) in [7, 11) is 3.05. The first-order chi connectivity index (χ1) is 16.6. The Bertz CT molecular complexity index is 1140. The van der Waals surface area contributed by atoms with Gasteiger partial charge in [-0.2, -0.15) is 13.2 Å². The molecule has 3 aromatic rings. The van der Waals surface area contributed by atoms with Crippen LogP contribution < -0.4 is 15.4 Å². The normalized spacial score (nSPS) is 13.2. The average Bonchev–Trinajstić information content (AvgIpc) is 2.84. The predicted octanol–water partition coefficient (Wildman–Crippen LogP) is 6.17. The van der Waals surface area contributed by atoms with Crippen LogP contribution in [-0.2, 0) is 17.4 Å². The van der Waals surface area contributed by atoms with Crippen LogP contribution >= 0.6 is 23.2 Å². The van der Waals surface area contributed by atoms with E-state index in [1.807, 2.05) is 6.07 Å². The molecule has 186 valence electrons. The standard InChI is InChI=1S/C25H24Cl2F3N3O2/c1-31-24(34)23(16-5-8-18(26)9-6-16)33-20(17-7-10-19(27)21(13-17)35-2)11-3-15-4-12-22(32-14-15)25(28,29)30/h4-10,12-14,20,23,33H,3,11H2,1-2H3,(H,31,34)/t20-,23+/m1/s1. The van der Waals surface area contributed by atoms with Crippen molar-refractivity contribution in [3.63, 3.8) is 0 Å². The minimum atomic E-state index is -4.50. The molecule has 0 radical (unpaired) electrons. The summed E-state index contributed by atoms with van der Waals surface area (Å²) in [4.78, 5) is 16.3. The van der Waals surface area contributed by atoms with Crippen molar-refractivity contribution in [2.45, 2.75) is 31.1 Å². The average molecular weight is 526 g/mol. The number of rotatable bonds is 9. The van der Waals surface area contributed by atoms with Gasteiger partial charge in [-0.15, -0.1) is 0 Å². The van der Waals surface area contributed by atoms with E-state index in [1.165, 1.54) is 19.4 Å². The maximum atomic E-state index is 12.9. The third kappa shape index (κ3) is 7.10. The molecule has 0 aliphatic carbocycles. The van der Waals surface area contributed by atoms with Gasteiger partial charge in [0.15, 0.2) is 0 Å². The number of likely N-dealkylation sites (N-methyl/N-ethyl adjacent to an activating group) is 1. The summed E-state index contributed by atoms with van der Waals surface area (Å²) >= 11 is 12.2. The van der Waals surface area contributed by atoms with Crippen LogP contribution in [0.1, 0.15) is 40.9 Å². The summed E-state index contributed by atoms with van der Waals surface area (Å²) in [6, 6.07) is 13.5. The molecule has 0 unspecified atom stereocenters. The highest BCUT2D eigenvalue weighted by Crippen LogP contribution is 2.32. The van der Waals surface area contributed by atoms with Crippen molar-refractivity contribution in [1.29, 1.82) is 0 Å². The van der Waals surface area contributed by atoms with Gasteiger partial charge in [0.05, 0.1) is 12.1 Å². The van der Waals surface area contributed by atoms with Crippen molar-refractivity contribution >= 4 is 29.1 Å². The second-order valence-corrected chi connectivity index (χ2v) is 8.64. The lowest BCUT2D eigenvalue weighted by molar-refractivity contribution is -0.141. The Morgan fingerprint density at radius 2 is 1.74 bits per heavy atom. The minimum Gasteiger partial charge on any atom is -0.495 e. The fourth-order valence-corrected chi connectivity index (χ4v) is 3.94. The summed E-state index contributed by atoms with van der Waals surface area (Å²) < 4.78 is 43.9. The zero-order chi connectivity index (χ0) is 25.6. The Morgan fingerprint density at radius 3 is 2.31 bits per heavy atom. The third-order valence-electron chi connectivity index (χ3n) is 5.49. The molecule has 2 N–H and O–H groups in total. The number of aryl methyl sites for hydroxylation is 1. The van der Waals surface area contributed by atoms with Gasteiger partial charge in [0.1, 0.15) is 17.5 Å². The number of pyridine rings is 1. The van der Waals surface area contributed by atoms with Crippen LogP contribution in [0.4, 0.5) is 13.2 Å². The first-order valence-electron chi connectivity index (χ1n) is 10.7. The molecule has 3 rings (SSSR count). The monoisotopic (exact) mass is 525 g/mol. The molecular weight excluding hydrogens is 502 g/mol. The lowest BCUT2D eigenvalue weighted by Crippen LogP contribution is -2.38. The Morgan fingerprint density at radius 1 is 1.06 bits per heavy atom. The smallest absolute Gasteiger partial charge is 0.433 e. The minimum absolute atomic E-state index is 0.255. The Hall–Kier alpha value is -2.81. The number of hydrogen-bond acceptors (Lipinski definition) is 4. The van der Waals surface area contributed by atoms with Crippen LogP contribution in [0.5, 0.6) is 5.75 Å². The van der Waals surface area contributed by atoms with E-state index in [0.29, 0.717) is 39.8 Å². The number of ether oxygens (including phenoxy) is 1. The zero-order valence-electron chi connectivity index (χ0n) is 19.0. The lowest BCUT2D eigenvalue weighted by Gasteiger charge is -2.26. The first-order valence-corrected chi connectivity index (χ1v) is 11.5. The molecule has 0 spiro atoms. The predicted molar refractivity (Wildman–Crippen MR) is 130 cm³/mol. The molecule has 0 fully saturated rings. The number of carbonyl (C=O) groups is 1. The largest absolute Gasteiger partial charge is 0.495 e. The van der Waals surface area contributed by atoms with Gasteiger partial charge >= 0.3 is 6.18 Å². The van der Waals surface area contributed by atoms with Crippen LogP contribution in [0.15, 0.2) is 60.8 Å². The van der Waals surface area contributed by atoms with Gasteiger partial charge in [0.25, 0.3) is 0 Å². The summed E-state index contributed by atoms with van der Waals surface area (Å²) in [6.45, 7) is 0. The maximum absolute atomic E-state index is 12.9. The molecule has 35 heavy (non-hydrogen) atoms. The Balaban J connectivity index is 1.91. The van der Waals surface area contributed by atoms with Crippen molar-refractivity contribution in [3.05, 3.63) is 93.2 Å². The highest BCUT2D eigenvalue weighted by atomic mass is 35.5. The molecule has 1 heterocycles. The summed E-state index contributed by atoms with van der Waals surface area (Å²) in [5.41, 5.74) is 1.19. The fourth-order valence-electron chi connectivity index (χ4n) is 3.61. The lowest BCUT2D eigenvalue weighted by atomic mass is 9.96. The van der Waals surface area contributed by atoms with E-state index in [4.69, 9.17) is 27.9 Å². The van der Waals surface area contributed by atoms with E-state index in [0.717, 1.165) is 11.6 Å². The Labute approximate surface area is 211 Å². The van der Waals surface area contributed by atoms with E-state index in [2.05, 4.69) is 15.6 Å². The van der Waals surface area contributed by atoms with Gasteiger partial charge in [-0.3, -0.25) is 15.1 Å². The molecule has 0 bridgehead atoms. The van der Waals surface area contributed by atoms with Crippen molar-refractivity contribution in [1.82, 2.24) is 15.6 Å². The number of halogens is 5. The number of hydrogen-bond donors (Lipinski definition) is 2. The van der Waals surface area contributed by atoms with E-state index in [1.54, 1.807) is 43.4 Å². The first kappa shape index (κ1) is 26.8. The molecule has 10 heteroatoms. The highest BCUT2D eigenvalue weighted by Gasteiger charge is 2.32. The molecule has 2 aromatic carbocycles. The van der Waals surface area contributed by atoms with Crippen molar-refractivity contribution < 1.29 is 22.7 Å². The van der Waals surface area contributed by atoms with Crippen molar-refractivity contribution in [2.75, 3.05) is 14.2 Å². The number of nitrogens with one attached hydrogen (secondary N) is 2. The van der Waals surface area contributed by atoms with E-state index < -0.39 is 17.9 Å². The second kappa shape index (κ2) is 11.7. The molecule has 0 aliphatic rings. The SMILES string of the molecule is CNC(=O)[C@@H](N[C@H](CCc1ccc(C(F)(F)F)nc1)c1ccc(Cl)c(OC)c1)c1ccc(Cl)cc1. The quantitative estimate of drug-likeness (QED) is 0.350. The van der Waals surface area contributed by atoms with E-state index >= 15 is 0 Å². The van der Waals surface area contributed by atoms with Crippen LogP contribution in [0.3, 0.4) is 0 Å². The number of methoxy groups -OCH3 is 1. The maximum Gasteiger partial charge on any atom is 0.433 e. The van der Waals surface area contributed by atoms with Crippen LogP contribution in [0.25, 0.3) is 0 Å². The number of aromatic nitrogens is 1. The molecule has 0 saturated heterocycles. The van der Waals surface area contributed by atoms with Gasteiger partial charge in [-0.25, -0.2) is 0 Å². The number of amides is 1. The van der Waals surface area contributed by atoms with Gasteiger partial charge in [-0.05, 0) is 59.9 Å². The molecular formula is C25H24Cl2F3N3O2. The Kier molecular flexibility index (Phi) is 8.99. The molecule has 0 saturated carbocycles. The molecule has 2 atom stereocenters. The highest BCUT2D eigenvalue weighted by molar-refractivity contribution is 6.32. The molecule has 1 aromatic heterocycles. The second-order valence-electron chi connectivity index (χ2n) is 7.80. The van der Waals surface area contributed by atoms with E-state index in [9.17, 15) is 18.0 Å². The van der Waals surface area contributed by atoms with Crippen LogP contribution in [0.2, 0.25) is 10.0 Å². The fraction of sp³-hybridized carbons (Fsp3) is 0.280. The molecule has 0 aliphatic heterocycles. The van der Waals surface area contributed by atoms with Gasteiger partial charge in [0, 0.05) is 24.3 Å². The summed E-state index contributed by atoms with van der Waals surface area (Å²) in [5.74, 6) is 0.213. The van der Waals surface area contributed by atoms with Gasteiger partial charge in [0.2, 0.25) is 5.91 Å². The topological polar surface area (TPSA) is 63.2 Å². The molecule has 5 nitrogen and oxygen atoms in total. The van der Waals surface area contributed by atoms with Crippen molar-refractivity contribution in [3.8, 4) is 5.75 Å². The number of carbonyl (C=O) groups excluding carboxylic acids is 1. The number of benzene rings is 2. The van der Waals surface area contributed by atoms with Gasteiger partial charge < -0.3 is 10.1 Å². The third-order valence-corrected chi connectivity index (χ3v) is 6.06. The number of nitrogens with zero attached hydrogens (tertiary/aromatic N) is 1. The summed E-state index contributed by atoms with van der Waals surface area (Å²) in [6.07, 6.45) is -2.41. The zero-order valence-corrected chi connectivity index (χ0v) is 20.5. The van der Waals surface area contributed by atoms with Crippen LogP contribution in [0, 0.1) is 0 Å². The van der Waals surface area contributed by atoms with E-state index in [-0.39, 0.29) is 11.9 Å². The van der Waals surface area contributed by atoms with Gasteiger partial charge in [-0.1, -0.05) is 47.5 Å². The summed E-state index contributed by atoms with van der Waals surface area (Å²) in [5, 5.41) is 7.02.